The second kappa shape index (κ2) is 4.87. The molecule has 0 spiro atoms. The Balaban J connectivity index is 2.14. The number of aryl methyl sites for hydroxylation is 2. The van der Waals surface area contributed by atoms with Gasteiger partial charge in [-0.25, -0.2) is 4.98 Å². The van der Waals surface area contributed by atoms with E-state index in [0.717, 1.165) is 33.8 Å². The van der Waals surface area contributed by atoms with Crippen molar-refractivity contribution in [1.82, 2.24) is 9.38 Å². The van der Waals surface area contributed by atoms with E-state index in [9.17, 15) is 0 Å². The van der Waals surface area contributed by atoms with E-state index in [2.05, 4.69) is 56.4 Å². The number of nitrogens with zero attached hydrogens (tertiary/aromatic N) is 2. The highest BCUT2D eigenvalue weighted by atomic mass is 15.0. The predicted octanol–water partition coefficient (Wildman–Crippen LogP) is 4.50. The number of fused-ring (bicyclic) bond motifs is 1. The Kier molecular flexibility index (Phi) is 3.24. The van der Waals surface area contributed by atoms with Crippen molar-refractivity contribution in [2.45, 2.75) is 40.0 Å². The van der Waals surface area contributed by atoms with Crippen molar-refractivity contribution in [2.24, 2.45) is 0 Å². The molecule has 0 aliphatic heterocycles. The molecule has 0 atom stereocenters. The predicted molar refractivity (Wildman–Crippen MR) is 93.2 cm³/mol. The SMILES string of the molecule is Cc1cc(N)cn2c(C)c(-c3ccc(C(C)(C)C)cc3)nc12. The smallest absolute Gasteiger partial charge is 0.140 e. The van der Waals surface area contributed by atoms with Crippen molar-refractivity contribution in [3.8, 4) is 11.3 Å². The number of hydrogen-bond donors (Lipinski definition) is 1. The Hall–Kier alpha value is -2.29. The van der Waals surface area contributed by atoms with Gasteiger partial charge in [-0.3, -0.25) is 0 Å². The van der Waals surface area contributed by atoms with Crippen molar-refractivity contribution in [3.05, 3.63) is 53.3 Å². The van der Waals surface area contributed by atoms with Crippen LogP contribution in [0.15, 0.2) is 36.5 Å². The lowest BCUT2D eigenvalue weighted by atomic mass is 9.86. The fraction of sp³-hybridized carbons (Fsp3) is 0.316. The second-order valence-electron chi connectivity index (χ2n) is 7.02. The number of nitrogen functional groups attached to an aromatic ring is 1. The fourth-order valence-corrected chi connectivity index (χ4v) is 2.85. The Morgan fingerprint density at radius 2 is 1.68 bits per heavy atom. The summed E-state index contributed by atoms with van der Waals surface area (Å²) in [7, 11) is 0. The third-order valence-corrected chi connectivity index (χ3v) is 4.19. The Labute approximate surface area is 131 Å². The van der Waals surface area contributed by atoms with Crippen molar-refractivity contribution in [1.29, 1.82) is 0 Å². The minimum atomic E-state index is 0.164. The Morgan fingerprint density at radius 1 is 1.05 bits per heavy atom. The van der Waals surface area contributed by atoms with Crippen molar-refractivity contribution in [3.63, 3.8) is 0 Å². The van der Waals surface area contributed by atoms with E-state index < -0.39 is 0 Å². The first-order valence-corrected chi connectivity index (χ1v) is 7.63. The van der Waals surface area contributed by atoms with Crippen LogP contribution in [-0.2, 0) is 5.41 Å². The van der Waals surface area contributed by atoms with Gasteiger partial charge in [0.2, 0.25) is 0 Å². The van der Waals surface area contributed by atoms with E-state index in [1.165, 1.54) is 5.56 Å². The molecule has 2 aromatic heterocycles. The van der Waals surface area contributed by atoms with E-state index >= 15 is 0 Å². The molecule has 0 radical (unpaired) electrons. The van der Waals surface area contributed by atoms with Gasteiger partial charge in [-0.15, -0.1) is 0 Å². The van der Waals surface area contributed by atoms with Gasteiger partial charge in [0, 0.05) is 23.1 Å². The highest BCUT2D eigenvalue weighted by molar-refractivity contribution is 5.69. The van der Waals surface area contributed by atoms with E-state index in [1.54, 1.807) is 0 Å². The maximum atomic E-state index is 5.96. The van der Waals surface area contributed by atoms with Crippen molar-refractivity contribution < 1.29 is 0 Å². The van der Waals surface area contributed by atoms with Gasteiger partial charge in [0.25, 0.3) is 0 Å². The number of aromatic nitrogens is 2. The molecule has 1 aromatic carbocycles. The molecule has 0 fully saturated rings. The van der Waals surface area contributed by atoms with Crippen LogP contribution in [-0.4, -0.2) is 9.38 Å². The molecule has 0 bridgehead atoms. The zero-order valence-electron chi connectivity index (χ0n) is 13.9. The van der Waals surface area contributed by atoms with Gasteiger partial charge >= 0.3 is 0 Å². The molecule has 2 N–H and O–H groups in total. The van der Waals surface area contributed by atoms with Gasteiger partial charge in [0.15, 0.2) is 0 Å². The van der Waals surface area contributed by atoms with Crippen molar-refractivity contribution in [2.75, 3.05) is 5.73 Å². The molecule has 0 saturated heterocycles. The summed E-state index contributed by atoms with van der Waals surface area (Å²) in [4.78, 5) is 4.82. The first kappa shape index (κ1) is 14.6. The van der Waals surface area contributed by atoms with Gasteiger partial charge in [0.05, 0.1) is 5.69 Å². The summed E-state index contributed by atoms with van der Waals surface area (Å²) in [6.07, 6.45) is 1.94. The highest BCUT2D eigenvalue weighted by Gasteiger charge is 2.15. The summed E-state index contributed by atoms with van der Waals surface area (Å²) in [5.74, 6) is 0. The lowest BCUT2D eigenvalue weighted by Crippen LogP contribution is -2.10. The average molecular weight is 293 g/mol. The topological polar surface area (TPSA) is 43.3 Å². The third kappa shape index (κ3) is 2.37. The lowest BCUT2D eigenvalue weighted by molar-refractivity contribution is 0.590. The summed E-state index contributed by atoms with van der Waals surface area (Å²) in [6, 6.07) is 10.7. The summed E-state index contributed by atoms with van der Waals surface area (Å²) in [5.41, 5.74) is 13.6. The van der Waals surface area contributed by atoms with E-state index in [1.807, 2.05) is 19.2 Å². The number of nitrogens with two attached hydrogens (primary N) is 1. The molecular formula is C19H23N3. The molecule has 114 valence electrons. The molecule has 0 aliphatic carbocycles. The van der Waals surface area contributed by atoms with Crippen LogP contribution in [0.2, 0.25) is 0 Å². The number of imidazole rings is 1. The van der Waals surface area contributed by atoms with Gasteiger partial charge in [-0.2, -0.15) is 0 Å². The molecule has 3 rings (SSSR count). The zero-order chi connectivity index (χ0) is 16.1. The molecule has 0 unspecified atom stereocenters. The van der Waals surface area contributed by atoms with Crippen LogP contribution in [0.3, 0.4) is 0 Å². The third-order valence-electron chi connectivity index (χ3n) is 4.19. The number of rotatable bonds is 1. The monoisotopic (exact) mass is 293 g/mol. The van der Waals surface area contributed by atoms with Crippen LogP contribution < -0.4 is 5.73 Å². The molecule has 3 aromatic rings. The van der Waals surface area contributed by atoms with Crippen LogP contribution in [0.1, 0.15) is 37.6 Å². The molecule has 22 heavy (non-hydrogen) atoms. The molecular weight excluding hydrogens is 270 g/mol. The first-order valence-electron chi connectivity index (χ1n) is 7.63. The summed E-state index contributed by atoms with van der Waals surface area (Å²) in [6.45, 7) is 10.8. The Morgan fingerprint density at radius 3 is 2.27 bits per heavy atom. The number of hydrogen-bond acceptors (Lipinski definition) is 2. The highest BCUT2D eigenvalue weighted by Crippen LogP contribution is 2.29. The molecule has 3 heteroatoms. The molecule has 0 amide bonds. The standard InChI is InChI=1S/C19H23N3/c1-12-10-16(20)11-22-13(2)17(21-18(12)22)14-6-8-15(9-7-14)19(3,4)5/h6-11H,20H2,1-5H3. The van der Waals surface area contributed by atoms with Crippen molar-refractivity contribution >= 4 is 11.3 Å². The van der Waals surface area contributed by atoms with Crippen LogP contribution in [0.5, 0.6) is 0 Å². The number of benzene rings is 1. The van der Waals surface area contributed by atoms with E-state index in [4.69, 9.17) is 10.7 Å². The number of anilines is 1. The van der Waals surface area contributed by atoms with Gasteiger partial charge in [-0.05, 0) is 36.5 Å². The molecule has 0 aliphatic rings. The van der Waals surface area contributed by atoms with Crippen LogP contribution in [0.25, 0.3) is 16.9 Å². The quantitative estimate of drug-likeness (QED) is 0.718. The first-order chi connectivity index (χ1) is 10.3. The second-order valence-corrected chi connectivity index (χ2v) is 7.02. The average Bonchev–Trinajstić information content (AvgIpc) is 2.76. The summed E-state index contributed by atoms with van der Waals surface area (Å²) >= 11 is 0. The summed E-state index contributed by atoms with van der Waals surface area (Å²) in [5, 5.41) is 0. The van der Waals surface area contributed by atoms with Gasteiger partial charge < -0.3 is 10.1 Å². The van der Waals surface area contributed by atoms with Gasteiger partial charge in [0.1, 0.15) is 5.65 Å². The van der Waals surface area contributed by atoms with E-state index in [0.29, 0.717) is 0 Å². The van der Waals surface area contributed by atoms with Gasteiger partial charge in [-0.1, -0.05) is 45.0 Å². The minimum absolute atomic E-state index is 0.164. The zero-order valence-corrected chi connectivity index (χ0v) is 13.9. The molecule has 3 nitrogen and oxygen atoms in total. The Bertz CT molecular complexity index is 834. The van der Waals surface area contributed by atoms with Crippen LogP contribution in [0, 0.1) is 13.8 Å². The maximum Gasteiger partial charge on any atom is 0.140 e. The maximum absolute atomic E-state index is 5.96. The van der Waals surface area contributed by atoms with E-state index in [-0.39, 0.29) is 5.41 Å². The lowest BCUT2D eigenvalue weighted by Gasteiger charge is -2.19. The van der Waals surface area contributed by atoms with Crippen LogP contribution in [0.4, 0.5) is 5.69 Å². The largest absolute Gasteiger partial charge is 0.398 e. The van der Waals surface area contributed by atoms with Crippen LogP contribution >= 0.6 is 0 Å². The fourth-order valence-electron chi connectivity index (χ4n) is 2.85. The molecule has 0 saturated carbocycles. The number of pyridine rings is 1. The summed E-state index contributed by atoms with van der Waals surface area (Å²) < 4.78 is 2.08. The normalized spacial score (nSPS) is 12.0. The molecule has 2 heterocycles. The minimum Gasteiger partial charge on any atom is -0.398 e.